The first-order chi connectivity index (χ1) is 14.5. The van der Waals surface area contributed by atoms with Crippen molar-refractivity contribution in [3.63, 3.8) is 0 Å². The predicted octanol–water partition coefficient (Wildman–Crippen LogP) is 4.74. The lowest BCUT2D eigenvalue weighted by molar-refractivity contribution is -0.112. The van der Waals surface area contributed by atoms with Crippen LogP contribution in [0.1, 0.15) is 18.3 Å². The maximum absolute atomic E-state index is 12.7. The number of anilines is 1. The summed E-state index contributed by atoms with van der Waals surface area (Å²) in [5.74, 6) is 0.931. The molecule has 0 aliphatic heterocycles. The van der Waals surface area contributed by atoms with E-state index in [0.717, 1.165) is 22.8 Å². The molecule has 1 amide bonds. The van der Waals surface area contributed by atoms with Crippen molar-refractivity contribution in [1.82, 2.24) is 4.57 Å². The second kappa shape index (κ2) is 9.48. The van der Waals surface area contributed by atoms with Crippen LogP contribution < -0.4 is 14.8 Å². The number of hydrogen-bond acceptors (Lipinski definition) is 4. The summed E-state index contributed by atoms with van der Waals surface area (Å²) in [7, 11) is 1.62. The van der Waals surface area contributed by atoms with Gasteiger partial charge in [-0.25, -0.2) is 0 Å². The summed E-state index contributed by atoms with van der Waals surface area (Å²) in [4.78, 5) is 12.7. The second-order valence-corrected chi connectivity index (χ2v) is 6.52. The van der Waals surface area contributed by atoms with Crippen molar-refractivity contribution in [3.8, 4) is 23.3 Å². The second-order valence-electron chi connectivity index (χ2n) is 6.52. The monoisotopic (exact) mass is 401 g/mol. The van der Waals surface area contributed by atoms with Gasteiger partial charge in [0.15, 0.2) is 0 Å². The van der Waals surface area contributed by atoms with Gasteiger partial charge in [0.25, 0.3) is 5.91 Å². The highest BCUT2D eigenvalue weighted by Gasteiger charge is 2.13. The fourth-order valence-electron chi connectivity index (χ4n) is 3.08. The average molecular weight is 401 g/mol. The number of rotatable bonds is 7. The summed E-state index contributed by atoms with van der Waals surface area (Å²) in [6.45, 7) is 4.39. The average Bonchev–Trinajstić information content (AvgIpc) is 3.12. The number of nitriles is 1. The van der Waals surface area contributed by atoms with E-state index in [1.165, 1.54) is 0 Å². The van der Waals surface area contributed by atoms with Crippen molar-refractivity contribution >= 4 is 17.7 Å². The maximum Gasteiger partial charge on any atom is 0.266 e. The van der Waals surface area contributed by atoms with Crippen LogP contribution in [0.15, 0.2) is 66.2 Å². The van der Waals surface area contributed by atoms with Crippen LogP contribution in [0.3, 0.4) is 0 Å². The van der Waals surface area contributed by atoms with Gasteiger partial charge in [-0.15, -0.1) is 0 Å². The lowest BCUT2D eigenvalue weighted by atomic mass is 10.2. The van der Waals surface area contributed by atoms with E-state index in [1.54, 1.807) is 31.4 Å². The molecule has 0 aliphatic rings. The first-order valence-corrected chi connectivity index (χ1v) is 9.54. The van der Waals surface area contributed by atoms with Gasteiger partial charge < -0.3 is 19.4 Å². The first-order valence-electron chi connectivity index (χ1n) is 9.54. The summed E-state index contributed by atoms with van der Waals surface area (Å²) in [5.41, 5.74) is 3.19. The topological polar surface area (TPSA) is 76.3 Å². The van der Waals surface area contributed by atoms with Gasteiger partial charge in [0, 0.05) is 28.8 Å². The summed E-state index contributed by atoms with van der Waals surface area (Å²) >= 11 is 0. The van der Waals surface area contributed by atoms with Gasteiger partial charge in [-0.3, -0.25) is 4.79 Å². The standard InChI is InChI=1S/C24H23N3O3/c1-4-30-23-7-5-6-19(15-23)26-24(28)18(16-25)14-21-9-8-17(2)27(21)20-10-12-22(29-3)13-11-20/h5-15H,4H2,1-3H3,(H,26,28)/b18-14-. The lowest BCUT2D eigenvalue weighted by Crippen LogP contribution is -2.14. The Balaban J connectivity index is 1.88. The quantitative estimate of drug-likeness (QED) is 0.458. The van der Waals surface area contributed by atoms with Crippen molar-refractivity contribution in [2.45, 2.75) is 13.8 Å². The third-order valence-corrected chi connectivity index (χ3v) is 4.50. The number of ether oxygens (including phenoxy) is 2. The zero-order valence-electron chi connectivity index (χ0n) is 17.2. The van der Waals surface area contributed by atoms with Crippen LogP contribution in [0.4, 0.5) is 5.69 Å². The molecular weight excluding hydrogens is 378 g/mol. The number of carbonyl (C=O) groups is 1. The van der Waals surface area contributed by atoms with Crippen molar-refractivity contribution in [3.05, 3.63) is 77.6 Å². The lowest BCUT2D eigenvalue weighted by Gasteiger charge is -2.11. The molecule has 6 heteroatoms. The molecule has 0 saturated heterocycles. The Hall–Kier alpha value is -3.98. The molecule has 2 aromatic carbocycles. The molecule has 0 unspecified atom stereocenters. The highest BCUT2D eigenvalue weighted by Crippen LogP contribution is 2.22. The van der Waals surface area contributed by atoms with Gasteiger partial charge in [0.05, 0.1) is 13.7 Å². The SMILES string of the molecule is CCOc1cccc(NC(=O)/C(C#N)=C\c2ccc(C)n2-c2ccc(OC)cc2)c1. The molecule has 0 spiro atoms. The molecule has 1 aromatic heterocycles. The van der Waals surface area contributed by atoms with Crippen LogP contribution >= 0.6 is 0 Å². The first kappa shape index (κ1) is 20.7. The Morgan fingerprint density at radius 3 is 2.57 bits per heavy atom. The summed E-state index contributed by atoms with van der Waals surface area (Å²) in [6.07, 6.45) is 1.58. The minimum atomic E-state index is -0.480. The Morgan fingerprint density at radius 2 is 1.90 bits per heavy atom. The van der Waals surface area contributed by atoms with E-state index in [-0.39, 0.29) is 5.57 Å². The molecule has 0 bridgehead atoms. The van der Waals surface area contributed by atoms with Crippen LogP contribution in [0.5, 0.6) is 11.5 Å². The highest BCUT2D eigenvalue weighted by molar-refractivity contribution is 6.09. The third-order valence-electron chi connectivity index (χ3n) is 4.50. The van der Waals surface area contributed by atoms with E-state index in [2.05, 4.69) is 5.32 Å². The van der Waals surface area contributed by atoms with Crippen molar-refractivity contribution in [2.24, 2.45) is 0 Å². The molecule has 152 valence electrons. The summed E-state index contributed by atoms with van der Waals surface area (Å²) in [6, 6.07) is 20.5. The minimum Gasteiger partial charge on any atom is -0.497 e. The van der Waals surface area contributed by atoms with Crippen LogP contribution in [-0.4, -0.2) is 24.2 Å². The molecule has 1 N–H and O–H groups in total. The Labute approximate surface area is 176 Å². The number of methoxy groups -OCH3 is 1. The van der Waals surface area contributed by atoms with E-state index < -0.39 is 5.91 Å². The number of benzene rings is 2. The van der Waals surface area contributed by atoms with E-state index in [9.17, 15) is 10.1 Å². The zero-order valence-corrected chi connectivity index (χ0v) is 17.2. The molecule has 0 fully saturated rings. The largest absolute Gasteiger partial charge is 0.497 e. The van der Waals surface area contributed by atoms with Gasteiger partial charge in [-0.2, -0.15) is 5.26 Å². The molecule has 1 heterocycles. The smallest absolute Gasteiger partial charge is 0.266 e. The van der Waals surface area contributed by atoms with E-state index in [4.69, 9.17) is 9.47 Å². The number of amides is 1. The normalized spacial score (nSPS) is 10.9. The van der Waals surface area contributed by atoms with Gasteiger partial charge >= 0.3 is 0 Å². The number of nitrogens with zero attached hydrogens (tertiary/aromatic N) is 2. The van der Waals surface area contributed by atoms with Gasteiger partial charge in [0.2, 0.25) is 0 Å². The van der Waals surface area contributed by atoms with Gasteiger partial charge in [-0.05, 0) is 68.5 Å². The molecule has 0 atom stereocenters. The number of carbonyl (C=O) groups excluding carboxylic acids is 1. The molecular formula is C24H23N3O3. The van der Waals surface area contributed by atoms with Crippen LogP contribution in [0, 0.1) is 18.3 Å². The minimum absolute atomic E-state index is 0.00433. The summed E-state index contributed by atoms with van der Waals surface area (Å²) < 4.78 is 12.6. The summed E-state index contributed by atoms with van der Waals surface area (Å²) in [5, 5.41) is 12.3. The molecule has 3 rings (SSSR count). The Morgan fingerprint density at radius 1 is 1.13 bits per heavy atom. The molecule has 3 aromatic rings. The van der Waals surface area contributed by atoms with Crippen LogP contribution in [0.2, 0.25) is 0 Å². The van der Waals surface area contributed by atoms with E-state index in [1.807, 2.05) is 66.9 Å². The number of hydrogen-bond donors (Lipinski definition) is 1. The predicted molar refractivity (Wildman–Crippen MR) is 117 cm³/mol. The van der Waals surface area contributed by atoms with Gasteiger partial charge in [-0.1, -0.05) is 6.07 Å². The maximum atomic E-state index is 12.7. The van der Waals surface area contributed by atoms with E-state index >= 15 is 0 Å². The fourth-order valence-corrected chi connectivity index (χ4v) is 3.08. The molecule has 30 heavy (non-hydrogen) atoms. The fraction of sp³-hybridized carbons (Fsp3) is 0.167. The molecule has 0 radical (unpaired) electrons. The van der Waals surface area contributed by atoms with E-state index in [0.29, 0.717) is 18.0 Å². The number of aryl methyl sites for hydroxylation is 1. The molecule has 0 saturated carbocycles. The Kier molecular flexibility index (Phi) is 6.56. The van der Waals surface area contributed by atoms with Crippen molar-refractivity contribution in [1.29, 1.82) is 5.26 Å². The zero-order chi connectivity index (χ0) is 21.5. The highest BCUT2D eigenvalue weighted by atomic mass is 16.5. The van der Waals surface area contributed by atoms with Gasteiger partial charge in [0.1, 0.15) is 23.1 Å². The third kappa shape index (κ3) is 4.70. The number of nitrogens with one attached hydrogen (secondary N) is 1. The van der Waals surface area contributed by atoms with Crippen LogP contribution in [-0.2, 0) is 4.79 Å². The molecule has 6 nitrogen and oxygen atoms in total. The number of aromatic nitrogens is 1. The molecule has 0 aliphatic carbocycles. The van der Waals surface area contributed by atoms with Crippen molar-refractivity contribution < 1.29 is 14.3 Å². The van der Waals surface area contributed by atoms with Crippen LogP contribution in [0.25, 0.3) is 11.8 Å². The van der Waals surface area contributed by atoms with Crippen molar-refractivity contribution in [2.75, 3.05) is 19.0 Å². The Bertz CT molecular complexity index is 1110.